The standard InChI is InChI=1S/C24H26ClN5O4/c1-33-21-6-5-16(12-20(21)25)13-27-22-19(23(32)30-10-7-18(31)8-11-30)14-28-24(29-22)34-15-17-4-2-3-9-26-17/h2-6,9,12,14,18,31H,7-8,10-11,13,15H2,1H3,(H,27,28,29). The number of nitrogens with zero attached hydrogens (tertiary/aromatic N) is 4. The molecule has 3 aromatic rings. The van der Waals surface area contributed by atoms with Crippen LogP contribution in [0.15, 0.2) is 48.8 Å². The number of benzene rings is 1. The number of likely N-dealkylation sites (tertiary alicyclic amines) is 1. The van der Waals surface area contributed by atoms with Crippen molar-refractivity contribution in [2.24, 2.45) is 0 Å². The van der Waals surface area contributed by atoms with Crippen molar-refractivity contribution in [3.63, 3.8) is 0 Å². The lowest BCUT2D eigenvalue weighted by atomic mass is 10.1. The molecular formula is C24H26ClN5O4. The summed E-state index contributed by atoms with van der Waals surface area (Å²) >= 11 is 6.25. The first-order valence-electron chi connectivity index (χ1n) is 11.0. The Kier molecular flexibility index (Phi) is 7.76. The minimum Gasteiger partial charge on any atom is -0.495 e. The molecule has 1 fully saturated rings. The van der Waals surface area contributed by atoms with Crippen LogP contribution in [0.5, 0.6) is 11.8 Å². The highest BCUT2D eigenvalue weighted by atomic mass is 35.5. The van der Waals surface area contributed by atoms with E-state index < -0.39 is 0 Å². The second-order valence-electron chi connectivity index (χ2n) is 7.87. The first-order valence-corrected chi connectivity index (χ1v) is 11.3. The number of anilines is 1. The smallest absolute Gasteiger partial charge is 0.318 e. The van der Waals surface area contributed by atoms with E-state index >= 15 is 0 Å². The zero-order valence-electron chi connectivity index (χ0n) is 18.8. The van der Waals surface area contributed by atoms with E-state index in [1.54, 1.807) is 30.3 Å². The number of carbonyl (C=O) groups is 1. The first-order chi connectivity index (χ1) is 16.5. The van der Waals surface area contributed by atoms with Gasteiger partial charge in [-0.15, -0.1) is 0 Å². The van der Waals surface area contributed by atoms with E-state index in [4.69, 9.17) is 21.1 Å². The quantitative estimate of drug-likeness (QED) is 0.502. The lowest BCUT2D eigenvalue weighted by Gasteiger charge is -2.30. The maximum absolute atomic E-state index is 13.2. The molecule has 0 aliphatic carbocycles. The van der Waals surface area contributed by atoms with Crippen LogP contribution in [0.1, 0.15) is 34.5 Å². The molecule has 0 atom stereocenters. The number of hydrogen-bond donors (Lipinski definition) is 2. The summed E-state index contributed by atoms with van der Waals surface area (Å²) in [4.78, 5) is 27.8. The van der Waals surface area contributed by atoms with Gasteiger partial charge in [0, 0.05) is 32.0 Å². The predicted molar refractivity (Wildman–Crippen MR) is 127 cm³/mol. The van der Waals surface area contributed by atoms with Crippen molar-refractivity contribution in [1.82, 2.24) is 19.9 Å². The van der Waals surface area contributed by atoms with Crippen molar-refractivity contribution in [2.45, 2.75) is 32.1 Å². The SMILES string of the molecule is COc1ccc(CNc2nc(OCc3ccccn3)ncc2C(=O)N2CCC(O)CC2)cc1Cl. The molecule has 0 bridgehead atoms. The normalized spacial score (nSPS) is 14.0. The molecular weight excluding hydrogens is 458 g/mol. The molecule has 34 heavy (non-hydrogen) atoms. The number of nitrogens with one attached hydrogen (secondary N) is 1. The van der Waals surface area contributed by atoms with Gasteiger partial charge in [0.15, 0.2) is 0 Å². The van der Waals surface area contributed by atoms with Gasteiger partial charge in [-0.1, -0.05) is 23.7 Å². The number of aromatic nitrogens is 3. The number of pyridine rings is 1. The number of aliphatic hydroxyl groups excluding tert-OH is 1. The molecule has 2 N–H and O–H groups in total. The lowest BCUT2D eigenvalue weighted by molar-refractivity contribution is 0.0546. The van der Waals surface area contributed by atoms with Gasteiger partial charge in [0.2, 0.25) is 0 Å². The summed E-state index contributed by atoms with van der Waals surface area (Å²) in [6.45, 7) is 1.53. The first kappa shape index (κ1) is 23.7. The monoisotopic (exact) mass is 483 g/mol. The number of carbonyl (C=O) groups excluding carboxylic acids is 1. The zero-order valence-corrected chi connectivity index (χ0v) is 19.5. The van der Waals surface area contributed by atoms with E-state index in [9.17, 15) is 9.90 Å². The summed E-state index contributed by atoms with van der Waals surface area (Å²) in [6.07, 6.45) is 3.87. The zero-order chi connectivity index (χ0) is 23.9. The van der Waals surface area contributed by atoms with Crippen molar-refractivity contribution >= 4 is 23.3 Å². The molecule has 0 unspecified atom stereocenters. The van der Waals surface area contributed by atoms with Crippen molar-refractivity contribution in [3.8, 4) is 11.8 Å². The van der Waals surface area contributed by atoms with Crippen LogP contribution >= 0.6 is 11.6 Å². The number of rotatable bonds is 8. The molecule has 3 heterocycles. The van der Waals surface area contributed by atoms with Crippen LogP contribution in [0.3, 0.4) is 0 Å². The van der Waals surface area contributed by atoms with Gasteiger partial charge in [0.05, 0.1) is 23.9 Å². The number of methoxy groups -OCH3 is 1. The fourth-order valence-electron chi connectivity index (χ4n) is 3.59. The molecule has 178 valence electrons. The molecule has 2 aromatic heterocycles. The van der Waals surface area contributed by atoms with Crippen LogP contribution in [0.25, 0.3) is 0 Å². The largest absolute Gasteiger partial charge is 0.495 e. The molecule has 1 aromatic carbocycles. The Hall–Kier alpha value is -3.43. The topological polar surface area (TPSA) is 110 Å². The second kappa shape index (κ2) is 11.1. The molecule has 0 saturated carbocycles. The molecule has 1 saturated heterocycles. The summed E-state index contributed by atoms with van der Waals surface area (Å²) in [5, 5.41) is 13.5. The van der Waals surface area contributed by atoms with E-state index in [0.717, 1.165) is 11.3 Å². The summed E-state index contributed by atoms with van der Waals surface area (Å²) < 4.78 is 10.9. The van der Waals surface area contributed by atoms with Crippen LogP contribution in [0.2, 0.25) is 5.02 Å². The van der Waals surface area contributed by atoms with Crippen LogP contribution in [0.4, 0.5) is 5.82 Å². The highest BCUT2D eigenvalue weighted by Crippen LogP contribution is 2.26. The van der Waals surface area contributed by atoms with Gasteiger partial charge < -0.3 is 24.8 Å². The third-order valence-electron chi connectivity index (χ3n) is 5.50. The molecule has 9 nitrogen and oxygen atoms in total. The summed E-state index contributed by atoms with van der Waals surface area (Å²) in [6, 6.07) is 11.1. The van der Waals surface area contributed by atoms with E-state index in [-0.39, 0.29) is 24.6 Å². The van der Waals surface area contributed by atoms with Crippen molar-refractivity contribution in [1.29, 1.82) is 0 Å². The van der Waals surface area contributed by atoms with E-state index in [0.29, 0.717) is 54.6 Å². The molecule has 0 radical (unpaired) electrons. The Morgan fingerprint density at radius 1 is 1.24 bits per heavy atom. The summed E-state index contributed by atoms with van der Waals surface area (Å²) in [5.74, 6) is 0.744. The van der Waals surface area contributed by atoms with Gasteiger partial charge in [-0.05, 0) is 42.7 Å². The summed E-state index contributed by atoms with van der Waals surface area (Å²) in [5.41, 5.74) is 1.96. The van der Waals surface area contributed by atoms with E-state index in [2.05, 4.69) is 20.3 Å². The number of halogens is 1. The number of amides is 1. The minimum absolute atomic E-state index is 0.131. The van der Waals surface area contributed by atoms with Gasteiger partial charge in [0.1, 0.15) is 23.7 Å². The molecule has 1 amide bonds. The maximum atomic E-state index is 13.2. The van der Waals surface area contributed by atoms with Crippen LogP contribution in [0, 0.1) is 0 Å². The predicted octanol–water partition coefficient (Wildman–Crippen LogP) is 3.32. The van der Waals surface area contributed by atoms with Crippen LogP contribution < -0.4 is 14.8 Å². The minimum atomic E-state index is -0.375. The number of hydrogen-bond acceptors (Lipinski definition) is 8. The second-order valence-corrected chi connectivity index (χ2v) is 8.28. The lowest BCUT2D eigenvalue weighted by Crippen LogP contribution is -2.40. The van der Waals surface area contributed by atoms with E-state index in [1.807, 2.05) is 24.3 Å². The van der Waals surface area contributed by atoms with E-state index in [1.165, 1.54) is 6.20 Å². The average molecular weight is 484 g/mol. The molecule has 4 rings (SSSR count). The fraction of sp³-hybridized carbons (Fsp3) is 0.333. The van der Waals surface area contributed by atoms with Crippen LogP contribution in [-0.2, 0) is 13.2 Å². The molecule has 0 spiro atoms. The third-order valence-corrected chi connectivity index (χ3v) is 5.80. The third kappa shape index (κ3) is 5.92. The number of ether oxygens (including phenoxy) is 2. The highest BCUT2D eigenvalue weighted by molar-refractivity contribution is 6.32. The van der Waals surface area contributed by atoms with Gasteiger partial charge in [-0.25, -0.2) is 4.98 Å². The van der Waals surface area contributed by atoms with Gasteiger partial charge >= 0.3 is 6.01 Å². The Labute approximate surface area is 202 Å². The van der Waals surface area contributed by atoms with Crippen molar-refractivity contribution in [2.75, 3.05) is 25.5 Å². The van der Waals surface area contributed by atoms with Crippen molar-refractivity contribution in [3.05, 3.63) is 70.6 Å². The van der Waals surface area contributed by atoms with Gasteiger partial charge in [-0.3, -0.25) is 9.78 Å². The molecule has 1 aliphatic heterocycles. The Bertz CT molecular complexity index is 1120. The Morgan fingerprint density at radius 2 is 2.06 bits per heavy atom. The average Bonchev–Trinajstić information content (AvgIpc) is 2.87. The van der Waals surface area contributed by atoms with Gasteiger partial charge in [0.25, 0.3) is 5.91 Å². The van der Waals surface area contributed by atoms with Crippen molar-refractivity contribution < 1.29 is 19.4 Å². The maximum Gasteiger partial charge on any atom is 0.318 e. The molecule has 10 heteroatoms. The molecule has 1 aliphatic rings. The fourth-order valence-corrected chi connectivity index (χ4v) is 3.87. The van der Waals surface area contributed by atoms with Crippen LogP contribution in [-0.4, -0.2) is 57.2 Å². The number of aliphatic hydroxyl groups is 1. The summed E-state index contributed by atoms with van der Waals surface area (Å²) in [7, 11) is 1.56. The highest BCUT2D eigenvalue weighted by Gasteiger charge is 2.25. The Balaban J connectivity index is 1.54. The van der Waals surface area contributed by atoms with Gasteiger partial charge in [-0.2, -0.15) is 4.98 Å². The Morgan fingerprint density at radius 3 is 2.76 bits per heavy atom. The number of piperidine rings is 1.